The molecule has 8 heteroatoms. The Kier molecular flexibility index (Phi) is 5.50. The second kappa shape index (κ2) is 7.79. The molecule has 6 nitrogen and oxygen atoms in total. The minimum Gasteiger partial charge on any atom is -0.302 e. The van der Waals surface area contributed by atoms with E-state index < -0.39 is 0 Å². The minimum atomic E-state index is -0.381. The monoisotopic (exact) mass is 418 g/mol. The van der Waals surface area contributed by atoms with Gasteiger partial charge < -0.3 is 4.57 Å². The highest BCUT2D eigenvalue weighted by molar-refractivity contribution is 9.10. The number of nitrogens with zero attached hydrogens (tertiary/aromatic N) is 4. The van der Waals surface area contributed by atoms with Crippen LogP contribution in [-0.2, 0) is 12.3 Å². The summed E-state index contributed by atoms with van der Waals surface area (Å²) in [5, 5.41) is 20.3. The molecule has 0 spiro atoms. The van der Waals surface area contributed by atoms with Crippen LogP contribution in [0.25, 0.3) is 11.4 Å². The zero-order valence-corrected chi connectivity index (χ0v) is 15.8. The molecule has 1 aromatic heterocycles. The van der Waals surface area contributed by atoms with E-state index in [0.717, 1.165) is 33.1 Å². The van der Waals surface area contributed by atoms with E-state index in [4.69, 9.17) is 0 Å². The zero-order chi connectivity index (χ0) is 17.8. The summed E-state index contributed by atoms with van der Waals surface area (Å²) in [7, 11) is 0. The van der Waals surface area contributed by atoms with Crippen molar-refractivity contribution in [1.82, 2.24) is 14.8 Å². The lowest BCUT2D eigenvalue weighted by molar-refractivity contribution is -0.384. The van der Waals surface area contributed by atoms with Crippen LogP contribution in [0.4, 0.5) is 5.69 Å². The van der Waals surface area contributed by atoms with Crippen LogP contribution in [0.2, 0.25) is 0 Å². The van der Waals surface area contributed by atoms with Crippen LogP contribution in [0.5, 0.6) is 0 Å². The standard InChI is InChI=1S/C17H15BrN4O2S/c1-2-21-16(14-8-3-4-9-15(14)18)19-20-17(21)25-11-12-6-5-7-13(10-12)22(23)24/h3-10H,2,11H2,1H3. The Morgan fingerprint density at radius 2 is 2.00 bits per heavy atom. The van der Waals surface area contributed by atoms with Crippen LogP contribution in [-0.4, -0.2) is 19.7 Å². The molecule has 0 aliphatic rings. The maximum absolute atomic E-state index is 10.9. The molecule has 0 amide bonds. The van der Waals surface area contributed by atoms with Crippen molar-refractivity contribution in [3.05, 3.63) is 68.7 Å². The normalized spacial score (nSPS) is 10.8. The molecule has 3 rings (SSSR count). The van der Waals surface area contributed by atoms with Crippen LogP contribution in [0, 0.1) is 10.1 Å². The van der Waals surface area contributed by atoms with E-state index >= 15 is 0 Å². The van der Waals surface area contributed by atoms with Gasteiger partial charge in [0.2, 0.25) is 0 Å². The molecule has 0 N–H and O–H groups in total. The fraction of sp³-hybridized carbons (Fsp3) is 0.176. The molecule has 1 heterocycles. The lowest BCUT2D eigenvalue weighted by Gasteiger charge is -2.08. The summed E-state index contributed by atoms with van der Waals surface area (Å²) in [5.74, 6) is 1.40. The maximum atomic E-state index is 10.9. The minimum absolute atomic E-state index is 0.101. The number of benzene rings is 2. The third kappa shape index (κ3) is 3.91. The Hall–Kier alpha value is -2.19. The molecule has 128 valence electrons. The largest absolute Gasteiger partial charge is 0.302 e. The molecule has 0 aliphatic heterocycles. The van der Waals surface area contributed by atoms with Gasteiger partial charge in [-0.05, 0) is 18.6 Å². The van der Waals surface area contributed by atoms with Crippen LogP contribution in [0.15, 0.2) is 58.2 Å². The summed E-state index contributed by atoms with van der Waals surface area (Å²) in [4.78, 5) is 10.5. The molecule has 0 bridgehead atoms. The van der Waals surface area contributed by atoms with E-state index in [0.29, 0.717) is 5.75 Å². The number of nitro groups is 1. The molecule has 25 heavy (non-hydrogen) atoms. The van der Waals surface area contributed by atoms with E-state index in [1.807, 2.05) is 41.8 Å². The van der Waals surface area contributed by atoms with Crippen LogP contribution >= 0.6 is 27.7 Å². The molecular weight excluding hydrogens is 404 g/mol. The van der Waals surface area contributed by atoms with Gasteiger partial charge in [-0.3, -0.25) is 10.1 Å². The van der Waals surface area contributed by atoms with Gasteiger partial charge in [-0.25, -0.2) is 0 Å². The average Bonchev–Trinajstić information content (AvgIpc) is 3.03. The Labute approximate surface area is 157 Å². The number of rotatable bonds is 6. The Morgan fingerprint density at radius 1 is 1.20 bits per heavy atom. The fourth-order valence-corrected chi connectivity index (χ4v) is 3.84. The summed E-state index contributed by atoms with van der Waals surface area (Å²) in [6.45, 7) is 2.78. The Bertz CT molecular complexity index is 913. The van der Waals surface area contributed by atoms with Crippen LogP contribution < -0.4 is 0 Å². The first-order chi connectivity index (χ1) is 12.1. The van der Waals surface area contributed by atoms with Crippen LogP contribution in [0.1, 0.15) is 12.5 Å². The number of nitro benzene ring substituents is 1. The third-order valence-electron chi connectivity index (χ3n) is 3.64. The number of aromatic nitrogens is 3. The van der Waals surface area contributed by atoms with Crippen molar-refractivity contribution in [2.24, 2.45) is 0 Å². The first-order valence-electron chi connectivity index (χ1n) is 7.64. The predicted octanol–water partition coefficient (Wildman–Crippen LogP) is 4.93. The SMILES string of the molecule is CCn1c(SCc2cccc([N+](=O)[O-])c2)nnc1-c1ccccc1Br. The quantitative estimate of drug-likeness (QED) is 0.322. The van der Waals surface area contributed by atoms with Gasteiger partial charge in [-0.15, -0.1) is 10.2 Å². The molecule has 0 saturated heterocycles. The second-order valence-electron chi connectivity index (χ2n) is 5.25. The molecule has 2 aromatic carbocycles. The molecule has 0 radical (unpaired) electrons. The zero-order valence-electron chi connectivity index (χ0n) is 13.4. The first kappa shape index (κ1) is 17.6. The highest BCUT2D eigenvalue weighted by Crippen LogP contribution is 2.30. The van der Waals surface area contributed by atoms with E-state index in [-0.39, 0.29) is 10.6 Å². The summed E-state index contributed by atoms with van der Waals surface area (Å²) in [6.07, 6.45) is 0. The maximum Gasteiger partial charge on any atom is 0.269 e. The molecule has 0 saturated carbocycles. The number of hydrogen-bond acceptors (Lipinski definition) is 5. The number of halogens is 1. The smallest absolute Gasteiger partial charge is 0.269 e. The van der Waals surface area contributed by atoms with Crippen molar-refractivity contribution >= 4 is 33.4 Å². The van der Waals surface area contributed by atoms with Crippen molar-refractivity contribution in [3.8, 4) is 11.4 Å². The second-order valence-corrected chi connectivity index (χ2v) is 7.04. The van der Waals surface area contributed by atoms with Gasteiger partial charge in [0.15, 0.2) is 11.0 Å². The summed E-state index contributed by atoms with van der Waals surface area (Å²) in [6, 6.07) is 14.5. The van der Waals surface area contributed by atoms with Crippen molar-refractivity contribution < 1.29 is 4.92 Å². The van der Waals surface area contributed by atoms with Crippen molar-refractivity contribution in [3.63, 3.8) is 0 Å². The lowest BCUT2D eigenvalue weighted by atomic mass is 10.2. The molecule has 0 atom stereocenters. The summed E-state index contributed by atoms with van der Waals surface area (Å²) >= 11 is 5.07. The van der Waals surface area contributed by atoms with Gasteiger partial charge in [0.05, 0.1) is 4.92 Å². The Balaban J connectivity index is 1.83. The topological polar surface area (TPSA) is 73.8 Å². The molecule has 0 fully saturated rings. The average molecular weight is 419 g/mol. The van der Waals surface area contributed by atoms with E-state index in [1.165, 1.54) is 17.8 Å². The predicted molar refractivity (Wildman–Crippen MR) is 101 cm³/mol. The van der Waals surface area contributed by atoms with Gasteiger partial charge in [0.1, 0.15) is 0 Å². The Morgan fingerprint density at radius 3 is 2.72 bits per heavy atom. The summed E-state index contributed by atoms with van der Waals surface area (Å²) in [5.41, 5.74) is 1.97. The highest BCUT2D eigenvalue weighted by atomic mass is 79.9. The number of hydrogen-bond donors (Lipinski definition) is 0. The molecule has 0 unspecified atom stereocenters. The van der Waals surface area contributed by atoms with E-state index in [2.05, 4.69) is 26.1 Å². The van der Waals surface area contributed by atoms with Crippen LogP contribution in [0.3, 0.4) is 0 Å². The number of thioether (sulfide) groups is 1. The van der Waals surface area contributed by atoms with Gasteiger partial charge in [0.25, 0.3) is 5.69 Å². The molecule has 0 aliphatic carbocycles. The fourth-order valence-electron chi connectivity index (χ4n) is 2.43. The summed E-state index contributed by atoms with van der Waals surface area (Å²) < 4.78 is 3.01. The van der Waals surface area contributed by atoms with Crippen molar-refractivity contribution in [2.45, 2.75) is 24.4 Å². The first-order valence-corrected chi connectivity index (χ1v) is 9.42. The molecule has 3 aromatic rings. The van der Waals surface area contributed by atoms with Gasteiger partial charge in [0, 0.05) is 34.5 Å². The van der Waals surface area contributed by atoms with Gasteiger partial charge in [-0.2, -0.15) is 0 Å². The van der Waals surface area contributed by atoms with E-state index in [1.54, 1.807) is 12.1 Å². The van der Waals surface area contributed by atoms with Crippen molar-refractivity contribution in [2.75, 3.05) is 0 Å². The molecular formula is C17H15BrN4O2S. The van der Waals surface area contributed by atoms with E-state index in [9.17, 15) is 10.1 Å². The van der Waals surface area contributed by atoms with Gasteiger partial charge in [-0.1, -0.05) is 58.0 Å². The van der Waals surface area contributed by atoms with Gasteiger partial charge >= 0.3 is 0 Å². The third-order valence-corrected chi connectivity index (χ3v) is 5.37. The highest BCUT2D eigenvalue weighted by Gasteiger charge is 2.15. The number of non-ortho nitro benzene ring substituents is 1. The van der Waals surface area contributed by atoms with Crippen molar-refractivity contribution in [1.29, 1.82) is 0 Å². The lowest BCUT2D eigenvalue weighted by Crippen LogP contribution is -2.00.